The van der Waals surface area contributed by atoms with E-state index in [-0.39, 0.29) is 22.4 Å². The molecule has 4 fully saturated rings. The summed E-state index contributed by atoms with van der Waals surface area (Å²) in [6, 6.07) is 0. The number of ketones is 1. The van der Waals surface area contributed by atoms with Gasteiger partial charge in [0.2, 0.25) is 0 Å². The predicted molar refractivity (Wildman–Crippen MR) is 99.3 cm³/mol. The summed E-state index contributed by atoms with van der Waals surface area (Å²) in [5.41, 5.74) is 1.62. The smallest absolute Gasteiger partial charge is 0.306 e. The monoisotopic (exact) mass is 356 g/mol. The molecule has 0 aromatic carbocycles. The minimum absolute atomic E-state index is 0.0219. The van der Waals surface area contributed by atoms with Gasteiger partial charge < -0.3 is 4.74 Å². The Labute approximate surface area is 156 Å². The molecule has 3 nitrogen and oxygen atoms in total. The largest absolute Gasteiger partial charge is 0.458 e. The van der Waals surface area contributed by atoms with E-state index in [0.29, 0.717) is 35.9 Å². The maximum atomic E-state index is 12.0. The molecule has 3 saturated carbocycles. The lowest BCUT2D eigenvalue weighted by Crippen LogP contribution is -2.56. The van der Waals surface area contributed by atoms with Gasteiger partial charge in [-0.05, 0) is 80.1 Å². The Kier molecular flexibility index (Phi) is 3.42. The first-order valence-corrected chi connectivity index (χ1v) is 10.7. The Bertz CT molecular complexity index is 708. The van der Waals surface area contributed by atoms with Crippen LogP contribution in [0.15, 0.2) is 11.6 Å². The average molecular weight is 357 g/mol. The SMILES string of the molecule is C[C@@H]1CC2=CC(=O)CC[C@]2(C)C2CC[C@@]3(C)C(CC[C@@]34CCC(=O)O4)C21. The summed E-state index contributed by atoms with van der Waals surface area (Å²) in [6.07, 6.45) is 11.1. The van der Waals surface area contributed by atoms with Crippen molar-refractivity contribution in [1.82, 2.24) is 0 Å². The van der Waals surface area contributed by atoms with Gasteiger partial charge in [-0.25, -0.2) is 0 Å². The van der Waals surface area contributed by atoms with Gasteiger partial charge in [0.15, 0.2) is 5.78 Å². The van der Waals surface area contributed by atoms with E-state index in [4.69, 9.17) is 4.74 Å². The van der Waals surface area contributed by atoms with Gasteiger partial charge in [-0.2, -0.15) is 0 Å². The van der Waals surface area contributed by atoms with Crippen LogP contribution in [0.3, 0.4) is 0 Å². The van der Waals surface area contributed by atoms with Crippen LogP contribution in [0.2, 0.25) is 0 Å². The van der Waals surface area contributed by atoms with Crippen molar-refractivity contribution in [2.75, 3.05) is 0 Å². The molecule has 26 heavy (non-hydrogen) atoms. The number of hydrogen-bond donors (Lipinski definition) is 0. The van der Waals surface area contributed by atoms with Crippen molar-refractivity contribution >= 4 is 11.8 Å². The van der Waals surface area contributed by atoms with Crippen molar-refractivity contribution < 1.29 is 14.3 Å². The van der Waals surface area contributed by atoms with Gasteiger partial charge in [-0.1, -0.05) is 26.3 Å². The number of allylic oxidation sites excluding steroid dienone is 1. The van der Waals surface area contributed by atoms with Gasteiger partial charge in [0, 0.05) is 18.3 Å². The van der Waals surface area contributed by atoms with Crippen molar-refractivity contribution in [3.8, 4) is 0 Å². The van der Waals surface area contributed by atoms with Crippen LogP contribution in [0.4, 0.5) is 0 Å². The first-order chi connectivity index (χ1) is 12.3. The second kappa shape index (κ2) is 5.23. The van der Waals surface area contributed by atoms with Gasteiger partial charge >= 0.3 is 5.97 Å². The number of fused-ring (bicyclic) bond motifs is 6. The molecule has 3 heteroatoms. The van der Waals surface area contributed by atoms with Gasteiger partial charge in [-0.15, -0.1) is 0 Å². The minimum Gasteiger partial charge on any atom is -0.458 e. The van der Waals surface area contributed by atoms with Crippen LogP contribution in [0.25, 0.3) is 0 Å². The van der Waals surface area contributed by atoms with Gasteiger partial charge in [0.1, 0.15) is 5.60 Å². The lowest BCUT2D eigenvalue weighted by atomic mass is 9.44. The second-order valence-corrected chi connectivity index (χ2v) is 10.5. The van der Waals surface area contributed by atoms with Crippen molar-refractivity contribution in [2.45, 2.75) is 84.2 Å². The van der Waals surface area contributed by atoms with Crippen molar-refractivity contribution in [2.24, 2.45) is 34.5 Å². The molecule has 0 aromatic heterocycles. The van der Waals surface area contributed by atoms with Crippen LogP contribution in [0.5, 0.6) is 0 Å². The van der Waals surface area contributed by atoms with E-state index in [9.17, 15) is 9.59 Å². The van der Waals surface area contributed by atoms with Crippen molar-refractivity contribution in [3.63, 3.8) is 0 Å². The lowest BCUT2D eigenvalue weighted by molar-refractivity contribution is -0.170. The zero-order chi connectivity index (χ0) is 18.3. The average Bonchev–Trinajstić information content (AvgIpc) is 3.11. The van der Waals surface area contributed by atoms with Crippen LogP contribution >= 0.6 is 0 Å². The van der Waals surface area contributed by atoms with E-state index in [1.807, 2.05) is 6.08 Å². The molecule has 142 valence electrons. The summed E-state index contributed by atoms with van der Waals surface area (Å²) in [7, 11) is 0. The third-order valence-electron chi connectivity index (χ3n) is 9.64. The highest BCUT2D eigenvalue weighted by Crippen LogP contribution is 2.70. The van der Waals surface area contributed by atoms with E-state index in [1.165, 1.54) is 24.8 Å². The molecule has 0 aromatic rings. The summed E-state index contributed by atoms with van der Waals surface area (Å²) < 4.78 is 6.05. The predicted octanol–water partition coefficient (Wildman–Crippen LogP) is 4.84. The Morgan fingerprint density at radius 2 is 1.77 bits per heavy atom. The molecular formula is C23H32O3. The number of hydrogen-bond acceptors (Lipinski definition) is 3. The van der Waals surface area contributed by atoms with Crippen LogP contribution < -0.4 is 0 Å². The highest BCUT2D eigenvalue weighted by Gasteiger charge is 2.67. The summed E-state index contributed by atoms with van der Waals surface area (Å²) in [4.78, 5) is 24.0. The number of esters is 1. The maximum absolute atomic E-state index is 12.0. The molecule has 0 radical (unpaired) electrons. The Morgan fingerprint density at radius 3 is 2.50 bits per heavy atom. The summed E-state index contributed by atoms with van der Waals surface area (Å²) in [5, 5.41) is 0. The normalized spacial score (nSPS) is 53.0. The number of rotatable bonds is 0. The Hall–Kier alpha value is -1.12. The molecule has 0 N–H and O–H groups in total. The molecule has 7 atom stereocenters. The fourth-order valence-corrected chi connectivity index (χ4v) is 8.20. The number of carbonyl (C=O) groups excluding carboxylic acids is 2. The van der Waals surface area contributed by atoms with Gasteiger partial charge in [-0.3, -0.25) is 9.59 Å². The van der Waals surface area contributed by atoms with E-state index < -0.39 is 0 Å². The Morgan fingerprint density at radius 1 is 1.00 bits per heavy atom. The number of ether oxygens (including phenoxy) is 1. The molecule has 0 amide bonds. The summed E-state index contributed by atoms with van der Waals surface area (Å²) in [6.45, 7) is 7.29. The molecule has 0 bridgehead atoms. The zero-order valence-electron chi connectivity index (χ0n) is 16.5. The molecule has 1 spiro atoms. The molecule has 3 unspecified atom stereocenters. The van der Waals surface area contributed by atoms with Crippen molar-refractivity contribution in [1.29, 1.82) is 0 Å². The van der Waals surface area contributed by atoms with E-state index in [1.54, 1.807) is 0 Å². The van der Waals surface area contributed by atoms with Crippen LogP contribution in [0, 0.1) is 34.5 Å². The zero-order valence-corrected chi connectivity index (χ0v) is 16.5. The third-order valence-corrected chi connectivity index (χ3v) is 9.64. The number of carbonyl (C=O) groups is 2. The van der Waals surface area contributed by atoms with Gasteiger partial charge in [0.05, 0.1) is 0 Å². The maximum Gasteiger partial charge on any atom is 0.306 e. The lowest BCUT2D eigenvalue weighted by Gasteiger charge is -2.61. The molecule has 1 aliphatic heterocycles. The van der Waals surface area contributed by atoms with E-state index in [0.717, 1.165) is 32.1 Å². The first kappa shape index (κ1) is 17.0. The minimum atomic E-state index is -0.182. The molecular weight excluding hydrogens is 324 g/mol. The van der Waals surface area contributed by atoms with Crippen molar-refractivity contribution in [3.05, 3.63) is 11.6 Å². The van der Waals surface area contributed by atoms with E-state index >= 15 is 0 Å². The standard InChI is InChI=1S/C23H32O3/c1-14-12-15-13-16(24)4-8-21(15,2)17-5-9-22(3)18(20(14)17)6-10-23(22)11-7-19(25)26-23/h13-14,17-18,20H,4-12H2,1-3H3/t14-,17?,18?,20?,21+,22+,23-/m1/s1. The van der Waals surface area contributed by atoms with Crippen LogP contribution in [-0.2, 0) is 14.3 Å². The topological polar surface area (TPSA) is 43.4 Å². The molecule has 5 rings (SSSR count). The van der Waals surface area contributed by atoms with Crippen LogP contribution in [0.1, 0.15) is 78.6 Å². The molecule has 1 heterocycles. The van der Waals surface area contributed by atoms with Gasteiger partial charge in [0.25, 0.3) is 0 Å². The third kappa shape index (κ3) is 1.95. The Balaban J connectivity index is 1.53. The molecule has 5 aliphatic rings. The highest BCUT2D eigenvalue weighted by molar-refractivity contribution is 5.91. The first-order valence-electron chi connectivity index (χ1n) is 10.7. The second-order valence-electron chi connectivity index (χ2n) is 10.5. The van der Waals surface area contributed by atoms with Crippen LogP contribution in [-0.4, -0.2) is 17.4 Å². The highest BCUT2D eigenvalue weighted by atomic mass is 16.6. The summed E-state index contributed by atoms with van der Waals surface area (Å²) in [5.74, 6) is 3.05. The fraction of sp³-hybridized carbons (Fsp3) is 0.826. The quantitative estimate of drug-likeness (QED) is 0.583. The fourth-order valence-electron chi connectivity index (χ4n) is 8.20. The summed E-state index contributed by atoms with van der Waals surface area (Å²) >= 11 is 0. The molecule has 4 aliphatic carbocycles. The van der Waals surface area contributed by atoms with E-state index in [2.05, 4.69) is 20.8 Å². The molecule has 1 saturated heterocycles.